The lowest BCUT2D eigenvalue weighted by Gasteiger charge is -2.37. The zero-order valence-corrected chi connectivity index (χ0v) is 61.2. The molecule has 0 aromatic heterocycles. The lowest BCUT2D eigenvalue weighted by molar-refractivity contribution is -0.151. The number of hydrogen-bond acceptors (Lipinski definition) is 14. The molecule has 11 atom stereocenters. The summed E-state index contributed by atoms with van der Waals surface area (Å²) < 4.78 is 5.95. The van der Waals surface area contributed by atoms with Gasteiger partial charge in [-0.25, -0.2) is 0 Å². The van der Waals surface area contributed by atoms with Crippen molar-refractivity contribution in [3.05, 3.63) is 71.8 Å². The highest BCUT2D eigenvalue weighted by atomic mass is 16.5. The highest BCUT2D eigenvalue weighted by molar-refractivity contribution is 6.00. The van der Waals surface area contributed by atoms with Gasteiger partial charge < -0.3 is 70.3 Å². The molecule has 0 radical (unpaired) electrons. The maximum Gasteiger partial charge on any atom is 0.248 e. The number of hydrogen-bond donors (Lipinski definition) is 5. The molecule has 2 aliphatic rings. The number of amides is 12. The Morgan fingerprint density at radius 1 is 0.490 bits per heavy atom. The summed E-state index contributed by atoms with van der Waals surface area (Å²) in [6.07, 6.45) is 1.09. The van der Waals surface area contributed by atoms with E-state index in [0.717, 1.165) is 16.2 Å². The fourth-order valence-electron chi connectivity index (χ4n) is 12.2. The first kappa shape index (κ1) is 82.4. The minimum Gasteiger partial charge on any atom is -0.391 e. The quantitative estimate of drug-likeness (QED) is 0.134. The average molecular weight is 1370 g/mol. The summed E-state index contributed by atoms with van der Waals surface area (Å²) in [5.41, 5.74) is 1.30. The molecule has 2 aromatic rings. The van der Waals surface area contributed by atoms with Gasteiger partial charge in [-0.1, -0.05) is 129 Å². The molecule has 0 aliphatic carbocycles. The molecule has 0 bridgehead atoms. The molecule has 5 N–H and O–H groups in total. The fraction of sp³-hybridized carbons (Fsp3) is 0.667. The van der Waals surface area contributed by atoms with Crippen LogP contribution in [0.1, 0.15) is 138 Å². The summed E-state index contributed by atoms with van der Waals surface area (Å²) in [5.74, 6) is -9.95. The van der Waals surface area contributed by atoms with E-state index in [9.17, 15) is 38.7 Å². The fourth-order valence-corrected chi connectivity index (χ4v) is 12.2. The summed E-state index contributed by atoms with van der Waals surface area (Å²) >= 11 is 0. The number of carbonyl (C=O) groups is 12. The van der Waals surface area contributed by atoms with Gasteiger partial charge in [-0.3, -0.25) is 57.5 Å². The number of nitrogens with zero attached hydrogens (tertiary/aromatic N) is 8. The second kappa shape index (κ2) is 39.6. The Morgan fingerprint density at radius 2 is 0.918 bits per heavy atom. The molecule has 546 valence electrons. The lowest BCUT2D eigenvalue weighted by Crippen LogP contribution is -2.62. The number of aliphatic hydroxyl groups is 1. The van der Waals surface area contributed by atoms with Gasteiger partial charge in [-0.05, 0) is 86.7 Å². The maximum atomic E-state index is 15.3. The van der Waals surface area contributed by atoms with Crippen LogP contribution in [0, 0.1) is 23.7 Å². The van der Waals surface area contributed by atoms with E-state index in [1.165, 1.54) is 80.8 Å². The molecule has 26 heteroatoms. The van der Waals surface area contributed by atoms with Gasteiger partial charge in [0, 0.05) is 81.9 Å². The predicted molar refractivity (Wildman–Crippen MR) is 372 cm³/mol. The Morgan fingerprint density at radius 3 is 1.40 bits per heavy atom. The highest BCUT2D eigenvalue weighted by Crippen LogP contribution is 2.23. The largest absolute Gasteiger partial charge is 0.391 e. The van der Waals surface area contributed by atoms with Crippen LogP contribution in [0.15, 0.2) is 60.7 Å². The number of piperidine rings is 1. The summed E-state index contributed by atoms with van der Waals surface area (Å²) in [6, 6.07) is 5.45. The van der Waals surface area contributed by atoms with Crippen molar-refractivity contribution in [1.82, 2.24) is 60.5 Å². The lowest BCUT2D eigenvalue weighted by atomic mass is 9.94. The molecule has 2 aromatic carbocycles. The van der Waals surface area contributed by atoms with E-state index in [0.29, 0.717) is 49.9 Å². The molecule has 2 aliphatic heterocycles. The Balaban J connectivity index is 1.95. The monoisotopic (exact) mass is 1370 g/mol. The number of nitrogens with one attached hydrogen (secondary N) is 4. The standard InChI is InChI=1S/C72H114N12O14/c1-18-35-98-44-53-68(93)81(15)54(36-45(3)4)64(89)73-52(69(94)84-33-27-22-28-34-84)41-59(86)77(11)42-60(87)79(13)57(39-50-29-23-20-24-30-50)67(92)75-62(48(9)19-2)72(97)83(17)56(38-47(7)8)66(91)76-63(49(10)85)71(96)78(12)43-61(88)80(14)58(40-51-31-25-21-26-32-51)70(95)82(16)55(37-46(5)6)65(90)74-53/h20-21,23-26,29-32,45-49,52-58,62-63,85H,18-19,22,27-28,33-44H2,1-17H3,(H,73,89)(H,74,90)(H,75,92)(H,76,91)/t48-,49+,52-,53-,54-,55-,56-,57-,58-,62-,63-/m0/s1. The molecular weight excluding hydrogens is 1260 g/mol. The van der Waals surface area contributed by atoms with Gasteiger partial charge in [-0.15, -0.1) is 0 Å². The van der Waals surface area contributed by atoms with E-state index in [4.69, 9.17) is 4.74 Å². The molecule has 98 heavy (non-hydrogen) atoms. The highest BCUT2D eigenvalue weighted by Gasteiger charge is 2.43. The van der Waals surface area contributed by atoms with Crippen molar-refractivity contribution in [2.24, 2.45) is 23.7 Å². The predicted octanol–water partition coefficient (Wildman–Crippen LogP) is 2.87. The van der Waals surface area contributed by atoms with Crippen LogP contribution in [-0.2, 0) is 75.1 Å². The van der Waals surface area contributed by atoms with Gasteiger partial charge in [0.2, 0.25) is 70.9 Å². The zero-order valence-electron chi connectivity index (χ0n) is 61.2. The normalized spacial score (nSPS) is 24.8. The van der Waals surface area contributed by atoms with Crippen LogP contribution < -0.4 is 21.3 Å². The Bertz CT molecular complexity index is 3000. The maximum absolute atomic E-state index is 15.3. The van der Waals surface area contributed by atoms with Crippen LogP contribution in [0.2, 0.25) is 0 Å². The molecule has 0 saturated carbocycles. The summed E-state index contributed by atoms with van der Waals surface area (Å²) in [5, 5.41) is 22.5. The minimum atomic E-state index is -1.66. The van der Waals surface area contributed by atoms with Gasteiger partial charge in [-0.2, -0.15) is 0 Å². The number of carbonyl (C=O) groups excluding carboxylic acids is 12. The molecule has 0 unspecified atom stereocenters. The van der Waals surface area contributed by atoms with Crippen LogP contribution in [0.4, 0.5) is 0 Å². The number of likely N-dealkylation sites (tertiary alicyclic amines) is 1. The van der Waals surface area contributed by atoms with Crippen molar-refractivity contribution in [3.63, 3.8) is 0 Å². The third-order valence-corrected chi connectivity index (χ3v) is 18.6. The molecule has 0 spiro atoms. The van der Waals surface area contributed by atoms with Crippen molar-refractivity contribution in [3.8, 4) is 0 Å². The molecule has 4 rings (SSSR count). The van der Waals surface area contributed by atoms with E-state index in [1.54, 1.807) is 72.5 Å². The molecule has 2 heterocycles. The zero-order chi connectivity index (χ0) is 73.4. The van der Waals surface area contributed by atoms with Gasteiger partial charge >= 0.3 is 0 Å². The Kier molecular flexibility index (Phi) is 33.3. The van der Waals surface area contributed by atoms with Gasteiger partial charge in [0.05, 0.1) is 32.2 Å². The van der Waals surface area contributed by atoms with Gasteiger partial charge in [0.1, 0.15) is 54.4 Å². The van der Waals surface area contributed by atoms with Gasteiger partial charge in [0.25, 0.3) is 0 Å². The average Bonchev–Trinajstić information content (AvgIpc) is 0.831. The van der Waals surface area contributed by atoms with Crippen LogP contribution in [-0.4, -0.2) is 264 Å². The third-order valence-electron chi connectivity index (χ3n) is 18.6. The van der Waals surface area contributed by atoms with E-state index in [1.807, 2.05) is 55.4 Å². The Labute approximate surface area is 580 Å². The first-order chi connectivity index (χ1) is 46.1. The van der Waals surface area contributed by atoms with E-state index in [2.05, 4.69) is 21.3 Å². The van der Waals surface area contributed by atoms with Crippen molar-refractivity contribution < 1.29 is 67.4 Å². The van der Waals surface area contributed by atoms with E-state index in [-0.39, 0.29) is 63.1 Å². The number of ether oxygens (including phenoxy) is 1. The number of benzene rings is 2. The van der Waals surface area contributed by atoms with Crippen LogP contribution in [0.5, 0.6) is 0 Å². The van der Waals surface area contributed by atoms with Crippen LogP contribution in [0.25, 0.3) is 0 Å². The first-order valence-corrected chi connectivity index (χ1v) is 34.8. The van der Waals surface area contributed by atoms with Crippen LogP contribution in [0.3, 0.4) is 0 Å². The topological polar surface area (TPSA) is 308 Å². The second-order valence-electron chi connectivity index (χ2n) is 28.0. The summed E-state index contributed by atoms with van der Waals surface area (Å²) in [4.78, 5) is 188. The summed E-state index contributed by atoms with van der Waals surface area (Å²) in [6.45, 7) is 17.1. The molecule has 2 saturated heterocycles. The number of rotatable bonds is 18. The third kappa shape index (κ3) is 23.9. The first-order valence-electron chi connectivity index (χ1n) is 34.8. The van der Waals surface area contributed by atoms with Crippen molar-refractivity contribution in [2.75, 3.05) is 88.7 Å². The molecule has 12 amide bonds. The summed E-state index contributed by atoms with van der Waals surface area (Å²) in [7, 11) is 9.67. The molecular formula is C72H114N12O14. The van der Waals surface area contributed by atoms with Crippen molar-refractivity contribution in [1.29, 1.82) is 0 Å². The SMILES string of the molecule is CCCOC[C@@H]1NC(=O)[C@H](CC(C)C)N(C)C(=O)[C@H](Cc2ccccc2)N(C)C(=O)CN(C)C(=O)[C@H]([C@@H](C)O)NC(=O)[C@H](CC(C)C)N(C)C(=O)[C@H]([C@@H](C)CC)NC(=O)[C@H](Cc2ccccc2)N(C)C(=O)CN(C)C(=O)C[C@@H](C(=O)N2CCCCC2)NC(=O)[C@H](CC(C)C)N(C)C1=O. The van der Waals surface area contributed by atoms with E-state index >= 15 is 24.0 Å². The van der Waals surface area contributed by atoms with Gasteiger partial charge in [0.15, 0.2) is 0 Å². The smallest absolute Gasteiger partial charge is 0.248 e. The van der Waals surface area contributed by atoms with Crippen LogP contribution >= 0.6 is 0 Å². The molecule has 26 nitrogen and oxygen atoms in total. The second-order valence-corrected chi connectivity index (χ2v) is 28.0. The molecule has 2 fully saturated rings. The minimum absolute atomic E-state index is 0.0402. The number of likely N-dealkylation sites (N-methyl/N-ethyl adjacent to an activating group) is 7. The Hall–Kier alpha value is -8.00. The van der Waals surface area contributed by atoms with Crippen molar-refractivity contribution in [2.45, 2.75) is 200 Å². The number of aliphatic hydroxyl groups excluding tert-OH is 1. The van der Waals surface area contributed by atoms with Crippen molar-refractivity contribution >= 4 is 70.9 Å². The van der Waals surface area contributed by atoms with E-state index < -0.39 is 157 Å².